The number of hydrogen-bond donors (Lipinski definition) is 1. The average Bonchev–Trinajstić information content (AvgIpc) is 2.40. The van der Waals surface area contributed by atoms with Gasteiger partial charge in [-0.1, -0.05) is 11.6 Å². The van der Waals surface area contributed by atoms with Crippen molar-refractivity contribution in [3.8, 4) is 0 Å². The smallest absolute Gasteiger partial charge is 0.224 e. The first-order valence-electron chi connectivity index (χ1n) is 6.34. The minimum atomic E-state index is 0.0583. The minimum absolute atomic E-state index is 0.0583. The zero-order valence-corrected chi connectivity index (χ0v) is 11.3. The molecule has 0 bridgehead atoms. The maximum absolute atomic E-state index is 11.9. The number of hydrogen-bond acceptors (Lipinski definition) is 3. The number of nitrogens with zero attached hydrogens (tertiary/aromatic N) is 2. The molecular formula is C13H18ClN3O. The van der Waals surface area contributed by atoms with Crippen LogP contribution in [0.15, 0.2) is 18.5 Å². The molecule has 0 spiro atoms. The minimum Gasteiger partial charge on any atom is -0.369 e. The summed E-state index contributed by atoms with van der Waals surface area (Å²) in [7, 11) is 0. The van der Waals surface area contributed by atoms with Crippen molar-refractivity contribution in [3.05, 3.63) is 23.5 Å². The van der Waals surface area contributed by atoms with Gasteiger partial charge < -0.3 is 10.2 Å². The molecule has 4 nitrogen and oxygen atoms in total. The molecule has 0 aliphatic carbocycles. The first-order valence-corrected chi connectivity index (χ1v) is 6.72. The zero-order valence-electron chi connectivity index (χ0n) is 10.5. The Bertz CT molecular complexity index is 424. The van der Waals surface area contributed by atoms with E-state index in [1.165, 1.54) is 0 Å². The number of nitrogens with one attached hydrogen (secondary N) is 1. The number of piperidine rings is 1. The number of aromatic nitrogens is 1. The van der Waals surface area contributed by atoms with Crippen LogP contribution in [0.25, 0.3) is 0 Å². The third-order valence-electron chi connectivity index (χ3n) is 3.23. The molecule has 1 fully saturated rings. The highest BCUT2D eigenvalue weighted by atomic mass is 35.5. The van der Waals surface area contributed by atoms with Gasteiger partial charge in [0, 0.05) is 32.0 Å². The Morgan fingerprint density at radius 1 is 1.67 bits per heavy atom. The van der Waals surface area contributed by atoms with Gasteiger partial charge in [-0.15, -0.1) is 0 Å². The standard InChI is InChI=1S/C13H18ClN3O/c1-2-16-13(18)10-4-3-7-17(9-10)12-5-6-15-8-11(12)14/h5-6,8,10H,2-4,7,9H2,1H3,(H,16,18). The predicted octanol–water partition coefficient (Wildman–Crippen LogP) is 2.09. The summed E-state index contributed by atoms with van der Waals surface area (Å²) in [6.45, 7) is 4.30. The lowest BCUT2D eigenvalue weighted by Crippen LogP contribution is -2.43. The van der Waals surface area contributed by atoms with Gasteiger partial charge in [-0.05, 0) is 25.8 Å². The zero-order chi connectivity index (χ0) is 13.0. The lowest BCUT2D eigenvalue weighted by atomic mass is 9.96. The van der Waals surface area contributed by atoms with Crippen LogP contribution >= 0.6 is 11.6 Å². The Morgan fingerprint density at radius 2 is 2.50 bits per heavy atom. The molecular weight excluding hydrogens is 250 g/mol. The second-order valence-electron chi connectivity index (χ2n) is 4.51. The summed E-state index contributed by atoms with van der Waals surface area (Å²) in [6.07, 6.45) is 5.34. The molecule has 1 atom stereocenters. The van der Waals surface area contributed by atoms with E-state index in [1.54, 1.807) is 12.4 Å². The van der Waals surface area contributed by atoms with Gasteiger partial charge in [-0.3, -0.25) is 9.78 Å². The number of carbonyl (C=O) groups is 1. The second kappa shape index (κ2) is 6.05. The number of pyridine rings is 1. The predicted molar refractivity (Wildman–Crippen MR) is 72.9 cm³/mol. The molecule has 1 saturated heterocycles. The van der Waals surface area contributed by atoms with Crippen LogP contribution < -0.4 is 10.2 Å². The van der Waals surface area contributed by atoms with E-state index >= 15 is 0 Å². The topological polar surface area (TPSA) is 45.2 Å². The molecule has 1 aromatic rings. The molecule has 0 radical (unpaired) electrons. The van der Waals surface area contributed by atoms with E-state index in [0.29, 0.717) is 11.6 Å². The maximum atomic E-state index is 11.9. The Morgan fingerprint density at radius 3 is 3.22 bits per heavy atom. The van der Waals surface area contributed by atoms with Gasteiger partial charge in [0.15, 0.2) is 0 Å². The van der Waals surface area contributed by atoms with E-state index in [0.717, 1.165) is 31.6 Å². The number of rotatable bonds is 3. The van der Waals surface area contributed by atoms with Crippen LogP contribution in [0.2, 0.25) is 5.02 Å². The van der Waals surface area contributed by atoms with Crippen LogP contribution in [-0.4, -0.2) is 30.5 Å². The number of anilines is 1. The number of halogens is 1. The second-order valence-corrected chi connectivity index (χ2v) is 4.91. The fourth-order valence-corrected chi connectivity index (χ4v) is 2.59. The number of carbonyl (C=O) groups excluding carboxylic acids is 1. The molecule has 5 heteroatoms. The summed E-state index contributed by atoms with van der Waals surface area (Å²) in [6, 6.07) is 1.91. The van der Waals surface area contributed by atoms with Crippen molar-refractivity contribution in [1.29, 1.82) is 0 Å². The molecule has 98 valence electrons. The SMILES string of the molecule is CCNC(=O)C1CCCN(c2ccncc2Cl)C1. The summed E-state index contributed by atoms with van der Waals surface area (Å²) >= 11 is 6.14. The van der Waals surface area contributed by atoms with Crippen molar-refractivity contribution >= 4 is 23.2 Å². The van der Waals surface area contributed by atoms with Crippen LogP contribution in [0.3, 0.4) is 0 Å². The fourth-order valence-electron chi connectivity index (χ4n) is 2.35. The maximum Gasteiger partial charge on any atom is 0.224 e. The molecule has 1 unspecified atom stereocenters. The number of amides is 1. The molecule has 0 aromatic carbocycles. The molecule has 1 amide bonds. The molecule has 0 saturated carbocycles. The lowest BCUT2D eigenvalue weighted by Gasteiger charge is -2.34. The third-order valence-corrected chi connectivity index (χ3v) is 3.53. The summed E-state index contributed by atoms with van der Waals surface area (Å²) in [5.74, 6) is 0.204. The Balaban J connectivity index is 2.07. The van der Waals surface area contributed by atoms with Gasteiger partial charge in [0.05, 0.1) is 16.6 Å². The van der Waals surface area contributed by atoms with Gasteiger partial charge in [0.1, 0.15) is 0 Å². The Hall–Kier alpha value is -1.29. The first kappa shape index (κ1) is 13.1. The lowest BCUT2D eigenvalue weighted by molar-refractivity contribution is -0.125. The van der Waals surface area contributed by atoms with E-state index in [1.807, 2.05) is 13.0 Å². The van der Waals surface area contributed by atoms with E-state index in [-0.39, 0.29) is 11.8 Å². The largest absolute Gasteiger partial charge is 0.369 e. The van der Waals surface area contributed by atoms with Crippen LogP contribution in [-0.2, 0) is 4.79 Å². The van der Waals surface area contributed by atoms with Crippen molar-refractivity contribution in [3.63, 3.8) is 0 Å². The molecule has 1 aromatic heterocycles. The monoisotopic (exact) mass is 267 g/mol. The van der Waals surface area contributed by atoms with Crippen LogP contribution in [0.1, 0.15) is 19.8 Å². The van der Waals surface area contributed by atoms with Crippen LogP contribution in [0.5, 0.6) is 0 Å². The van der Waals surface area contributed by atoms with Gasteiger partial charge >= 0.3 is 0 Å². The van der Waals surface area contributed by atoms with E-state index in [2.05, 4.69) is 15.2 Å². The molecule has 1 aliphatic rings. The van der Waals surface area contributed by atoms with Crippen molar-refractivity contribution in [2.24, 2.45) is 5.92 Å². The highest BCUT2D eigenvalue weighted by Gasteiger charge is 2.26. The van der Waals surface area contributed by atoms with Gasteiger partial charge in [0.2, 0.25) is 5.91 Å². The quantitative estimate of drug-likeness (QED) is 0.912. The van der Waals surface area contributed by atoms with Crippen molar-refractivity contribution in [2.45, 2.75) is 19.8 Å². The van der Waals surface area contributed by atoms with Crippen molar-refractivity contribution in [2.75, 3.05) is 24.5 Å². The van der Waals surface area contributed by atoms with E-state index in [4.69, 9.17) is 11.6 Å². The molecule has 2 heterocycles. The van der Waals surface area contributed by atoms with Gasteiger partial charge in [-0.2, -0.15) is 0 Å². The van der Waals surface area contributed by atoms with Gasteiger partial charge in [-0.25, -0.2) is 0 Å². The highest BCUT2D eigenvalue weighted by Crippen LogP contribution is 2.28. The molecule has 1 aliphatic heterocycles. The normalized spacial score (nSPS) is 19.7. The molecule has 18 heavy (non-hydrogen) atoms. The Labute approximate surface area is 112 Å². The van der Waals surface area contributed by atoms with Gasteiger partial charge in [0.25, 0.3) is 0 Å². The van der Waals surface area contributed by atoms with Crippen LogP contribution in [0, 0.1) is 5.92 Å². The summed E-state index contributed by atoms with van der Waals surface area (Å²) in [4.78, 5) is 18.0. The van der Waals surface area contributed by atoms with E-state index < -0.39 is 0 Å². The third kappa shape index (κ3) is 2.93. The Kier molecular flexibility index (Phi) is 4.42. The van der Waals surface area contributed by atoms with Crippen LogP contribution in [0.4, 0.5) is 5.69 Å². The van der Waals surface area contributed by atoms with E-state index in [9.17, 15) is 4.79 Å². The summed E-state index contributed by atoms with van der Waals surface area (Å²) in [5, 5.41) is 3.54. The summed E-state index contributed by atoms with van der Waals surface area (Å²) in [5.41, 5.74) is 0.973. The van der Waals surface area contributed by atoms with Crippen molar-refractivity contribution in [1.82, 2.24) is 10.3 Å². The average molecular weight is 268 g/mol. The first-order chi connectivity index (χ1) is 8.72. The molecule has 1 N–H and O–H groups in total. The van der Waals surface area contributed by atoms with Crippen molar-refractivity contribution < 1.29 is 4.79 Å². The summed E-state index contributed by atoms with van der Waals surface area (Å²) < 4.78 is 0. The molecule has 2 rings (SSSR count). The fraction of sp³-hybridized carbons (Fsp3) is 0.538. The highest BCUT2D eigenvalue weighted by molar-refractivity contribution is 6.33.